The predicted octanol–water partition coefficient (Wildman–Crippen LogP) is 6.38. The molecule has 0 amide bonds. The van der Waals surface area contributed by atoms with Crippen LogP contribution in [0.4, 0.5) is 0 Å². The zero-order chi connectivity index (χ0) is 30.6. The average Bonchev–Trinajstić information content (AvgIpc) is 3.51. The second-order valence-electron chi connectivity index (χ2n) is 11.6. The van der Waals surface area contributed by atoms with Crippen LogP contribution >= 0.6 is 0 Å². The van der Waals surface area contributed by atoms with Gasteiger partial charge >= 0.3 is 18.9 Å². The van der Waals surface area contributed by atoms with E-state index in [2.05, 4.69) is 113 Å². The van der Waals surface area contributed by atoms with E-state index in [0.717, 1.165) is 71.7 Å². The Labute approximate surface area is 283 Å². The van der Waals surface area contributed by atoms with Gasteiger partial charge in [-0.2, -0.15) is 0 Å². The Kier molecular flexibility index (Phi) is 7.11. The van der Waals surface area contributed by atoms with Crippen LogP contribution in [-0.2, 0) is 0 Å². The molecule has 0 radical (unpaired) electrons. The molecule has 0 bridgehead atoms. The number of aromatic amines is 1. The van der Waals surface area contributed by atoms with Crippen molar-refractivity contribution in [1.82, 2.24) is 9.55 Å². The van der Waals surface area contributed by atoms with E-state index >= 15 is 0 Å². The molecule has 0 aliphatic rings. The van der Waals surface area contributed by atoms with E-state index in [4.69, 9.17) is 4.98 Å². The van der Waals surface area contributed by atoms with Gasteiger partial charge < -0.3 is 5.11 Å². The summed E-state index contributed by atoms with van der Waals surface area (Å²) in [5.41, 5.74) is 8.66. The molecule has 0 spiro atoms. The molecule has 7 aromatic carbocycles. The van der Waals surface area contributed by atoms with Crippen molar-refractivity contribution in [2.45, 2.75) is 0 Å². The second kappa shape index (κ2) is 11.6. The van der Waals surface area contributed by atoms with Crippen LogP contribution in [0.2, 0.25) is 0 Å². The van der Waals surface area contributed by atoms with E-state index in [1.807, 2.05) is 48.5 Å². The number of para-hydroxylation sites is 3. The topological polar surface area (TPSA) is 55.0 Å². The van der Waals surface area contributed by atoms with E-state index < -0.39 is 0 Å². The van der Waals surface area contributed by atoms with Crippen LogP contribution in [0.15, 0.2) is 158 Å². The molecule has 9 rings (SSSR count). The summed E-state index contributed by atoms with van der Waals surface area (Å²) in [5, 5.41) is 18.9. The Morgan fingerprint density at radius 3 is 1.89 bits per heavy atom. The standard InChI is InChI=1S/C42H27N3O.Li/c46-41-34(23-22-27-13-10-24-43-40(27)41)33-19-9-12-29-25-36-28(26-37(29)33)11-8-18-32(36)31-16-4-5-17-35(31)42-44-38-20-6-7-21-39(38)45(42)30-14-2-1-3-15-30;/h1-26,46H;/q;+1. The first kappa shape index (κ1) is 28.8. The second-order valence-corrected chi connectivity index (χ2v) is 11.6. The first-order valence-corrected chi connectivity index (χ1v) is 15.4. The molecule has 0 atom stereocenters. The van der Waals surface area contributed by atoms with E-state index in [1.165, 1.54) is 0 Å². The summed E-state index contributed by atoms with van der Waals surface area (Å²) in [6.07, 6.45) is 1.80. The zero-order valence-corrected chi connectivity index (χ0v) is 25.8. The van der Waals surface area contributed by atoms with Gasteiger partial charge in [0.05, 0.1) is 11.0 Å². The van der Waals surface area contributed by atoms with Gasteiger partial charge in [0.15, 0.2) is 6.20 Å². The van der Waals surface area contributed by atoms with Gasteiger partial charge in [-0.3, -0.25) is 4.57 Å². The van der Waals surface area contributed by atoms with Crippen molar-refractivity contribution in [3.63, 3.8) is 0 Å². The van der Waals surface area contributed by atoms with Gasteiger partial charge in [-0.1, -0.05) is 97.1 Å². The number of aromatic nitrogens is 3. The third-order valence-corrected chi connectivity index (χ3v) is 8.99. The molecule has 216 valence electrons. The Morgan fingerprint density at radius 2 is 1.13 bits per heavy atom. The fraction of sp³-hybridized carbons (Fsp3) is 0. The van der Waals surface area contributed by atoms with Gasteiger partial charge in [-0.15, -0.1) is 0 Å². The minimum atomic E-state index is 0. The maximum atomic E-state index is 13.6. The molecule has 0 saturated carbocycles. The van der Waals surface area contributed by atoms with Crippen LogP contribution in [0.3, 0.4) is 0 Å². The van der Waals surface area contributed by atoms with Crippen LogP contribution in [0.25, 0.3) is 82.8 Å². The molecule has 9 aromatic rings. The molecule has 0 unspecified atom stereocenters. The van der Waals surface area contributed by atoms with Crippen molar-refractivity contribution in [1.29, 1.82) is 0 Å². The van der Waals surface area contributed by atoms with E-state index in [0.29, 0.717) is 11.1 Å². The van der Waals surface area contributed by atoms with Crippen LogP contribution < -0.4 is 29.0 Å². The Morgan fingerprint density at radius 1 is 0.511 bits per heavy atom. The zero-order valence-electron chi connectivity index (χ0n) is 25.8. The average molecular weight is 597 g/mol. The Bertz CT molecular complexity index is 2610. The maximum absolute atomic E-state index is 13.6. The summed E-state index contributed by atoms with van der Waals surface area (Å²) < 4.78 is 2.25. The number of imidazole rings is 1. The number of fused-ring (bicyclic) bond motifs is 4. The quantitative estimate of drug-likeness (QED) is 0.175. The Balaban J connectivity index is 0.00000324. The molecule has 0 aliphatic carbocycles. The van der Waals surface area contributed by atoms with Gasteiger partial charge in [-0.05, 0) is 98.1 Å². The third-order valence-electron chi connectivity index (χ3n) is 8.99. The molecule has 0 fully saturated rings. The van der Waals surface area contributed by atoms with Crippen molar-refractivity contribution in [2.75, 3.05) is 0 Å². The summed E-state index contributed by atoms with van der Waals surface area (Å²) >= 11 is 0. The van der Waals surface area contributed by atoms with Crippen LogP contribution in [0.5, 0.6) is 5.75 Å². The summed E-state index contributed by atoms with van der Waals surface area (Å²) in [7, 11) is 0. The first-order valence-electron chi connectivity index (χ1n) is 15.4. The van der Waals surface area contributed by atoms with Crippen LogP contribution in [0.1, 0.15) is 0 Å². The number of rotatable bonds is 4. The third kappa shape index (κ3) is 4.70. The minimum absolute atomic E-state index is 0. The van der Waals surface area contributed by atoms with E-state index in [1.54, 1.807) is 6.20 Å². The van der Waals surface area contributed by atoms with E-state index in [9.17, 15) is 5.11 Å². The SMILES string of the molecule is [Li+].[O-]c1c(-c2cccc3cc4c(-c5ccccc5-c5nc6ccccc6n5-c5ccccc5)cccc4cc23)ccc2ccc[nH+]c12. The van der Waals surface area contributed by atoms with Gasteiger partial charge in [0.25, 0.3) is 0 Å². The number of hydrogen-bond donors (Lipinski definition) is 0. The fourth-order valence-corrected chi connectivity index (χ4v) is 6.86. The van der Waals surface area contributed by atoms with Gasteiger partial charge in [-0.25, -0.2) is 9.97 Å². The number of nitrogens with one attached hydrogen (secondary N) is 1. The number of benzene rings is 7. The van der Waals surface area contributed by atoms with Crippen LogP contribution in [0, 0.1) is 0 Å². The number of nitrogens with zero attached hydrogens (tertiary/aromatic N) is 2. The van der Waals surface area contributed by atoms with Crippen molar-refractivity contribution in [2.24, 2.45) is 0 Å². The first-order chi connectivity index (χ1) is 22.7. The summed E-state index contributed by atoms with van der Waals surface area (Å²) in [6, 6.07) is 52.3. The van der Waals surface area contributed by atoms with Crippen molar-refractivity contribution >= 4 is 43.5 Å². The van der Waals surface area contributed by atoms with Gasteiger partial charge in [0, 0.05) is 22.7 Å². The van der Waals surface area contributed by atoms with Gasteiger partial charge in [0.1, 0.15) is 5.82 Å². The van der Waals surface area contributed by atoms with Crippen molar-refractivity contribution < 1.29 is 29.0 Å². The summed E-state index contributed by atoms with van der Waals surface area (Å²) in [4.78, 5) is 8.34. The maximum Gasteiger partial charge on any atom is 1.00 e. The molecule has 4 nitrogen and oxygen atoms in total. The smallest absolute Gasteiger partial charge is 0.868 e. The minimum Gasteiger partial charge on any atom is -0.868 e. The molecular weight excluding hydrogens is 569 g/mol. The number of pyridine rings is 1. The number of hydrogen-bond acceptors (Lipinski definition) is 2. The molecule has 0 saturated heterocycles. The van der Waals surface area contributed by atoms with Crippen molar-refractivity contribution in [3.8, 4) is 45.1 Å². The monoisotopic (exact) mass is 596 g/mol. The largest absolute Gasteiger partial charge is 1.00 e. The molecule has 5 heteroatoms. The van der Waals surface area contributed by atoms with Gasteiger partial charge in [0.2, 0.25) is 5.52 Å². The molecular formula is C42H27LiN3O+. The molecule has 1 N–H and O–H groups in total. The molecule has 47 heavy (non-hydrogen) atoms. The summed E-state index contributed by atoms with van der Waals surface area (Å²) in [6.45, 7) is 0. The molecule has 2 heterocycles. The van der Waals surface area contributed by atoms with Crippen molar-refractivity contribution in [3.05, 3.63) is 158 Å². The normalized spacial score (nSPS) is 11.3. The van der Waals surface area contributed by atoms with Crippen LogP contribution in [-0.4, -0.2) is 9.55 Å². The number of H-pyrrole nitrogens is 1. The predicted molar refractivity (Wildman–Crippen MR) is 186 cm³/mol. The van der Waals surface area contributed by atoms with E-state index in [-0.39, 0.29) is 24.6 Å². The molecule has 0 aliphatic heterocycles. The summed E-state index contributed by atoms with van der Waals surface area (Å²) in [5.74, 6) is 0.911. The Hall–Kier alpha value is -5.66. The molecule has 2 aromatic heterocycles. The fourth-order valence-electron chi connectivity index (χ4n) is 6.86.